The summed E-state index contributed by atoms with van der Waals surface area (Å²) in [4.78, 5) is 25.9. The number of nitrogens with one attached hydrogen (secondary N) is 1. The highest BCUT2D eigenvalue weighted by Crippen LogP contribution is 2.38. The summed E-state index contributed by atoms with van der Waals surface area (Å²) < 4.78 is 25.4. The number of nitro benzene ring substituents is 1. The van der Waals surface area contributed by atoms with Crippen LogP contribution in [0.3, 0.4) is 0 Å². The maximum absolute atomic E-state index is 14.1. The van der Waals surface area contributed by atoms with Crippen LogP contribution in [-0.4, -0.2) is 28.2 Å². The minimum absolute atomic E-state index is 0.0521. The number of nitrogens with zero attached hydrogens (tertiary/aromatic N) is 2. The number of amides is 1. The predicted molar refractivity (Wildman–Crippen MR) is 121 cm³/mol. The summed E-state index contributed by atoms with van der Waals surface area (Å²) in [6, 6.07) is 16.3. The van der Waals surface area contributed by atoms with Gasteiger partial charge in [0, 0.05) is 35.3 Å². The van der Waals surface area contributed by atoms with Crippen molar-refractivity contribution >= 4 is 22.7 Å². The molecule has 0 radical (unpaired) electrons. The van der Waals surface area contributed by atoms with E-state index in [9.17, 15) is 24.4 Å². The molecule has 1 aromatic heterocycles. The van der Waals surface area contributed by atoms with Gasteiger partial charge in [-0.05, 0) is 23.8 Å². The molecule has 1 unspecified atom stereocenters. The number of aromatic nitrogens is 1. The van der Waals surface area contributed by atoms with E-state index >= 15 is 0 Å². The lowest BCUT2D eigenvalue weighted by Crippen LogP contribution is -2.28. The zero-order valence-electron chi connectivity index (χ0n) is 17.8. The molecule has 34 heavy (non-hydrogen) atoms. The lowest BCUT2D eigenvalue weighted by Gasteiger charge is -2.21. The summed E-state index contributed by atoms with van der Waals surface area (Å²) in [5.41, 5.74) is 1.02. The third-order valence-electron chi connectivity index (χ3n) is 5.11. The van der Waals surface area contributed by atoms with Gasteiger partial charge in [-0.25, -0.2) is 4.79 Å². The van der Waals surface area contributed by atoms with Gasteiger partial charge in [-0.3, -0.25) is 15.1 Å². The van der Waals surface area contributed by atoms with Crippen LogP contribution >= 0.6 is 0 Å². The molecule has 0 aliphatic heterocycles. The number of hydrogen-bond donors (Lipinski definition) is 2. The van der Waals surface area contributed by atoms with Crippen LogP contribution in [0, 0.1) is 15.9 Å². The van der Waals surface area contributed by atoms with Crippen molar-refractivity contribution in [1.29, 1.82) is 0 Å². The van der Waals surface area contributed by atoms with E-state index < -0.39 is 28.6 Å². The fourth-order valence-corrected chi connectivity index (χ4v) is 3.59. The molecule has 1 amide bonds. The van der Waals surface area contributed by atoms with Gasteiger partial charge in [-0.15, -0.1) is 0 Å². The second kappa shape index (κ2) is 9.41. The normalized spacial score (nSPS) is 11.6. The molecule has 172 valence electrons. The summed E-state index contributed by atoms with van der Waals surface area (Å²) in [6.45, 7) is 0. The van der Waals surface area contributed by atoms with Crippen molar-refractivity contribution in [2.75, 3.05) is 7.11 Å². The van der Waals surface area contributed by atoms with Gasteiger partial charge >= 0.3 is 11.8 Å². The molecule has 0 saturated carbocycles. The van der Waals surface area contributed by atoms with Gasteiger partial charge in [0.05, 0.1) is 23.6 Å². The molecule has 9 nitrogen and oxygen atoms in total. The first-order chi connectivity index (χ1) is 16.4. The molecular formula is C24H18FN3O6. The monoisotopic (exact) mass is 463 g/mol. The summed E-state index contributed by atoms with van der Waals surface area (Å²) in [5, 5.41) is 23.3. The predicted octanol–water partition coefficient (Wildman–Crippen LogP) is 5.44. The van der Waals surface area contributed by atoms with Gasteiger partial charge in [0.25, 0.3) is 0 Å². The molecular weight excluding hydrogens is 445 g/mol. The maximum atomic E-state index is 14.1. The van der Waals surface area contributed by atoms with E-state index in [1.54, 1.807) is 42.5 Å². The Hall–Kier alpha value is -4.73. The Morgan fingerprint density at radius 2 is 1.88 bits per heavy atom. The number of pyridine rings is 1. The quantitative estimate of drug-likeness (QED) is 0.276. The molecule has 4 aromatic rings. The van der Waals surface area contributed by atoms with E-state index in [0.717, 1.165) is 12.1 Å². The Morgan fingerprint density at radius 3 is 2.53 bits per heavy atom. The topological polar surface area (TPSA) is 124 Å². The van der Waals surface area contributed by atoms with Crippen LogP contribution in [0.4, 0.5) is 14.9 Å². The van der Waals surface area contributed by atoms with Crippen molar-refractivity contribution in [1.82, 2.24) is 10.3 Å². The molecule has 4 rings (SSSR count). The molecule has 2 N–H and O–H groups in total. The average Bonchev–Trinajstić information content (AvgIpc) is 2.82. The Labute approximate surface area is 192 Å². The second-order valence-corrected chi connectivity index (χ2v) is 7.19. The highest BCUT2D eigenvalue weighted by Gasteiger charge is 2.23. The number of methoxy groups -OCH3 is 1. The van der Waals surface area contributed by atoms with Crippen molar-refractivity contribution in [2.24, 2.45) is 0 Å². The Bertz CT molecular complexity index is 1380. The van der Waals surface area contributed by atoms with Crippen LogP contribution in [-0.2, 0) is 0 Å². The molecule has 0 aliphatic rings. The second-order valence-electron chi connectivity index (χ2n) is 7.19. The van der Waals surface area contributed by atoms with Crippen molar-refractivity contribution in [3.63, 3.8) is 0 Å². The summed E-state index contributed by atoms with van der Waals surface area (Å²) >= 11 is 0. The van der Waals surface area contributed by atoms with E-state index in [1.807, 2.05) is 6.07 Å². The van der Waals surface area contributed by atoms with Crippen molar-refractivity contribution < 1.29 is 28.7 Å². The number of benzene rings is 3. The highest BCUT2D eigenvalue weighted by atomic mass is 19.1. The molecule has 0 fully saturated rings. The highest BCUT2D eigenvalue weighted by molar-refractivity contribution is 5.88. The van der Waals surface area contributed by atoms with Crippen LogP contribution in [0.15, 0.2) is 72.9 Å². The first kappa shape index (κ1) is 22.5. The first-order valence-corrected chi connectivity index (χ1v) is 10.00. The number of hydrogen-bond acceptors (Lipinski definition) is 6. The van der Waals surface area contributed by atoms with E-state index in [2.05, 4.69) is 10.3 Å². The van der Waals surface area contributed by atoms with E-state index in [-0.39, 0.29) is 5.75 Å². The Morgan fingerprint density at radius 1 is 1.12 bits per heavy atom. The molecule has 1 atom stereocenters. The summed E-state index contributed by atoms with van der Waals surface area (Å²) in [6.07, 6.45) is 0.267. The van der Waals surface area contributed by atoms with Gasteiger partial charge in [-0.2, -0.15) is 4.39 Å². The fraction of sp³-hybridized carbons (Fsp3) is 0.0833. The number of nitro groups is 1. The van der Waals surface area contributed by atoms with Crippen molar-refractivity contribution in [3.05, 3.63) is 100.0 Å². The van der Waals surface area contributed by atoms with Crippen LogP contribution in [0.2, 0.25) is 0 Å². The Kier molecular flexibility index (Phi) is 6.22. The van der Waals surface area contributed by atoms with Crippen LogP contribution in [0.25, 0.3) is 10.9 Å². The number of carbonyl (C=O) groups is 1. The molecule has 0 aliphatic carbocycles. The van der Waals surface area contributed by atoms with Crippen molar-refractivity contribution in [3.8, 4) is 17.2 Å². The van der Waals surface area contributed by atoms with Gasteiger partial charge in [-0.1, -0.05) is 30.3 Å². The van der Waals surface area contributed by atoms with Gasteiger partial charge in [0.15, 0.2) is 0 Å². The SMILES string of the molecule is COc1cc2nccc(Oc3ccc([N+](=O)[O-])c(F)c3)c2cc1C(NC(=O)O)c1ccccc1. The maximum Gasteiger partial charge on any atom is 0.405 e. The lowest BCUT2D eigenvalue weighted by molar-refractivity contribution is -0.387. The lowest BCUT2D eigenvalue weighted by atomic mass is 9.96. The minimum Gasteiger partial charge on any atom is -0.496 e. The van der Waals surface area contributed by atoms with Crippen LogP contribution in [0.1, 0.15) is 17.2 Å². The molecule has 0 spiro atoms. The third-order valence-corrected chi connectivity index (χ3v) is 5.11. The molecule has 1 heterocycles. The fourth-order valence-electron chi connectivity index (χ4n) is 3.59. The molecule has 10 heteroatoms. The third kappa shape index (κ3) is 4.56. The zero-order chi connectivity index (χ0) is 24.2. The van der Waals surface area contributed by atoms with Crippen molar-refractivity contribution in [2.45, 2.75) is 6.04 Å². The molecule has 3 aromatic carbocycles. The van der Waals surface area contributed by atoms with Gasteiger partial charge in [0.2, 0.25) is 5.82 Å². The number of ether oxygens (including phenoxy) is 2. The average molecular weight is 463 g/mol. The van der Waals surface area contributed by atoms with E-state index in [0.29, 0.717) is 33.5 Å². The number of rotatable bonds is 7. The standard InChI is InChI=1S/C24H18FN3O6/c1-33-22-13-19-16(12-17(22)23(27-24(29)30)14-5-3-2-4-6-14)21(9-10-26-19)34-15-7-8-20(28(31)32)18(25)11-15/h2-13,23,27H,1H3,(H,29,30). The summed E-state index contributed by atoms with van der Waals surface area (Å²) in [5.74, 6) is -0.278. The number of fused-ring (bicyclic) bond motifs is 1. The first-order valence-electron chi connectivity index (χ1n) is 10.00. The van der Waals surface area contributed by atoms with Crippen LogP contribution < -0.4 is 14.8 Å². The Balaban J connectivity index is 1.83. The van der Waals surface area contributed by atoms with Gasteiger partial charge < -0.3 is 19.9 Å². The smallest absolute Gasteiger partial charge is 0.405 e. The zero-order valence-corrected chi connectivity index (χ0v) is 17.8. The summed E-state index contributed by atoms with van der Waals surface area (Å²) in [7, 11) is 1.47. The van der Waals surface area contributed by atoms with E-state index in [1.165, 1.54) is 19.4 Å². The number of carboxylic acid groups (broad SMARTS) is 1. The minimum atomic E-state index is -1.22. The van der Waals surface area contributed by atoms with E-state index in [4.69, 9.17) is 9.47 Å². The number of halogens is 1. The van der Waals surface area contributed by atoms with Gasteiger partial charge in [0.1, 0.15) is 17.2 Å². The largest absolute Gasteiger partial charge is 0.496 e. The molecule has 0 bridgehead atoms. The van der Waals surface area contributed by atoms with Crippen LogP contribution in [0.5, 0.6) is 17.2 Å². The molecule has 0 saturated heterocycles.